The second kappa shape index (κ2) is 6.62. The number of anilines is 1. The summed E-state index contributed by atoms with van der Waals surface area (Å²) in [7, 11) is 0. The highest BCUT2D eigenvalue weighted by Gasteiger charge is 2.07. The molecule has 22 heavy (non-hydrogen) atoms. The molecular weight excluding hydrogens is 284 g/mol. The van der Waals surface area contributed by atoms with Crippen LogP contribution < -0.4 is 11.1 Å². The minimum absolute atomic E-state index is 0.0601. The third-order valence-corrected chi connectivity index (χ3v) is 3.19. The lowest BCUT2D eigenvalue weighted by atomic mass is 10.1. The predicted octanol–water partition coefficient (Wildman–Crippen LogP) is 1.65. The molecule has 0 heterocycles. The number of carbonyl (C=O) groups excluding carboxylic acids is 1. The average Bonchev–Trinajstić information content (AvgIpc) is 2.50. The Hall–Kier alpha value is -3.02. The lowest BCUT2D eigenvalue weighted by Gasteiger charge is -2.07. The van der Waals surface area contributed by atoms with Gasteiger partial charge in [-0.3, -0.25) is 4.79 Å². The average molecular weight is 300 g/mol. The monoisotopic (exact) mass is 300 g/mol. The number of benzene rings is 2. The van der Waals surface area contributed by atoms with E-state index in [-0.39, 0.29) is 22.9 Å². The first kappa shape index (κ1) is 15.4. The number of phenols is 1. The molecule has 0 aliphatic heterocycles. The Bertz CT molecular complexity index is 696. The van der Waals surface area contributed by atoms with E-state index in [0.717, 1.165) is 5.56 Å². The molecule has 0 aliphatic carbocycles. The number of carbonyl (C=O) groups is 2. The molecule has 5 N–H and O–H groups in total. The maximum absolute atomic E-state index is 11.9. The van der Waals surface area contributed by atoms with Crippen LogP contribution in [0.5, 0.6) is 5.75 Å². The zero-order chi connectivity index (χ0) is 16.1. The molecule has 0 aliphatic rings. The Kier molecular flexibility index (Phi) is 4.63. The SMILES string of the molecule is Nc1cc(C(=O)NCCc2ccc(C(=O)O)cc2)ccc1O. The molecule has 6 heteroatoms. The number of nitrogens with two attached hydrogens (primary N) is 1. The number of amides is 1. The quantitative estimate of drug-likeness (QED) is 0.495. The number of nitrogen functional groups attached to an aromatic ring is 1. The molecule has 0 aromatic heterocycles. The minimum atomic E-state index is -0.968. The number of phenolic OH excluding ortho intramolecular Hbond substituents is 1. The summed E-state index contributed by atoms with van der Waals surface area (Å²) in [5.74, 6) is -1.31. The third-order valence-electron chi connectivity index (χ3n) is 3.19. The van der Waals surface area contributed by atoms with Gasteiger partial charge in [-0.2, -0.15) is 0 Å². The van der Waals surface area contributed by atoms with Gasteiger partial charge in [0.15, 0.2) is 0 Å². The van der Waals surface area contributed by atoms with E-state index in [0.29, 0.717) is 18.5 Å². The Morgan fingerprint density at radius 3 is 2.27 bits per heavy atom. The summed E-state index contributed by atoms with van der Waals surface area (Å²) in [6.45, 7) is 0.409. The van der Waals surface area contributed by atoms with Gasteiger partial charge in [-0.05, 0) is 42.3 Å². The largest absolute Gasteiger partial charge is 0.506 e. The molecular formula is C16H16N2O4. The molecule has 0 bridgehead atoms. The molecule has 2 aromatic carbocycles. The number of carboxylic acid groups (broad SMARTS) is 1. The Labute approximate surface area is 127 Å². The van der Waals surface area contributed by atoms with Crippen LogP contribution in [0.15, 0.2) is 42.5 Å². The molecule has 0 unspecified atom stereocenters. The zero-order valence-corrected chi connectivity index (χ0v) is 11.7. The highest BCUT2D eigenvalue weighted by molar-refractivity contribution is 5.95. The van der Waals surface area contributed by atoms with Crippen molar-refractivity contribution in [3.05, 3.63) is 59.2 Å². The molecule has 0 atom stereocenters. The van der Waals surface area contributed by atoms with Crippen molar-refractivity contribution < 1.29 is 19.8 Å². The molecule has 2 aromatic rings. The van der Waals surface area contributed by atoms with Gasteiger partial charge in [0.25, 0.3) is 5.91 Å². The van der Waals surface area contributed by atoms with E-state index in [4.69, 9.17) is 10.8 Å². The normalized spacial score (nSPS) is 10.2. The van der Waals surface area contributed by atoms with Crippen LogP contribution in [0.4, 0.5) is 5.69 Å². The van der Waals surface area contributed by atoms with Gasteiger partial charge in [-0.25, -0.2) is 4.79 Å². The molecule has 114 valence electrons. The Morgan fingerprint density at radius 2 is 1.68 bits per heavy atom. The van der Waals surface area contributed by atoms with E-state index >= 15 is 0 Å². The summed E-state index contributed by atoms with van der Waals surface area (Å²) in [4.78, 5) is 22.7. The van der Waals surface area contributed by atoms with Crippen molar-refractivity contribution in [2.24, 2.45) is 0 Å². The standard InChI is InChI=1S/C16H16N2O4/c17-13-9-12(5-6-14(13)19)15(20)18-8-7-10-1-3-11(4-2-10)16(21)22/h1-6,9,19H,7-8,17H2,(H,18,20)(H,21,22). The lowest BCUT2D eigenvalue weighted by molar-refractivity contribution is 0.0696. The van der Waals surface area contributed by atoms with Crippen LogP contribution in [0.2, 0.25) is 0 Å². The van der Waals surface area contributed by atoms with Crippen LogP contribution in [-0.2, 0) is 6.42 Å². The second-order valence-electron chi connectivity index (χ2n) is 4.78. The molecule has 0 fully saturated rings. The summed E-state index contributed by atoms with van der Waals surface area (Å²) < 4.78 is 0. The van der Waals surface area contributed by atoms with Crippen molar-refractivity contribution >= 4 is 17.6 Å². The summed E-state index contributed by atoms with van der Waals surface area (Å²) >= 11 is 0. The molecule has 2 rings (SSSR count). The minimum Gasteiger partial charge on any atom is -0.506 e. The van der Waals surface area contributed by atoms with Gasteiger partial charge in [0.2, 0.25) is 0 Å². The Balaban J connectivity index is 1.88. The van der Waals surface area contributed by atoms with Crippen molar-refractivity contribution in [1.82, 2.24) is 5.32 Å². The first-order chi connectivity index (χ1) is 10.5. The second-order valence-corrected chi connectivity index (χ2v) is 4.78. The lowest BCUT2D eigenvalue weighted by Crippen LogP contribution is -2.25. The van der Waals surface area contributed by atoms with Gasteiger partial charge in [0.05, 0.1) is 11.3 Å². The van der Waals surface area contributed by atoms with Crippen molar-refractivity contribution in [2.75, 3.05) is 12.3 Å². The highest BCUT2D eigenvalue weighted by Crippen LogP contribution is 2.20. The van der Waals surface area contributed by atoms with E-state index in [1.807, 2.05) is 0 Å². The Morgan fingerprint density at radius 1 is 1.05 bits per heavy atom. The smallest absolute Gasteiger partial charge is 0.335 e. The number of rotatable bonds is 5. The van der Waals surface area contributed by atoms with Crippen molar-refractivity contribution in [2.45, 2.75) is 6.42 Å². The van der Waals surface area contributed by atoms with Crippen molar-refractivity contribution in [3.63, 3.8) is 0 Å². The van der Waals surface area contributed by atoms with Gasteiger partial charge in [-0.15, -0.1) is 0 Å². The molecule has 0 saturated heterocycles. The number of hydrogen-bond donors (Lipinski definition) is 4. The maximum atomic E-state index is 11.9. The van der Waals surface area contributed by atoms with Crippen LogP contribution in [-0.4, -0.2) is 28.6 Å². The third kappa shape index (κ3) is 3.76. The van der Waals surface area contributed by atoms with Gasteiger partial charge >= 0.3 is 5.97 Å². The van der Waals surface area contributed by atoms with E-state index < -0.39 is 5.97 Å². The number of nitrogens with one attached hydrogen (secondary N) is 1. The summed E-state index contributed by atoms with van der Waals surface area (Å²) in [6, 6.07) is 10.8. The number of carboxylic acids is 1. The van der Waals surface area contributed by atoms with Crippen LogP contribution in [0.1, 0.15) is 26.3 Å². The fourth-order valence-electron chi connectivity index (χ4n) is 1.93. The van der Waals surface area contributed by atoms with Gasteiger partial charge in [0, 0.05) is 12.1 Å². The van der Waals surface area contributed by atoms with Crippen LogP contribution in [0.3, 0.4) is 0 Å². The van der Waals surface area contributed by atoms with E-state index in [1.54, 1.807) is 12.1 Å². The van der Waals surface area contributed by atoms with Crippen molar-refractivity contribution in [3.8, 4) is 5.75 Å². The predicted molar refractivity (Wildman–Crippen MR) is 82.0 cm³/mol. The number of aromatic hydroxyl groups is 1. The summed E-state index contributed by atoms with van der Waals surface area (Å²) in [6.07, 6.45) is 0.583. The fourth-order valence-corrected chi connectivity index (χ4v) is 1.93. The topological polar surface area (TPSA) is 113 Å². The van der Waals surface area contributed by atoms with E-state index in [9.17, 15) is 14.7 Å². The van der Waals surface area contributed by atoms with E-state index in [1.165, 1.54) is 30.3 Å². The van der Waals surface area contributed by atoms with Gasteiger partial charge in [0.1, 0.15) is 5.75 Å². The van der Waals surface area contributed by atoms with Crippen LogP contribution in [0, 0.1) is 0 Å². The molecule has 0 saturated carbocycles. The summed E-state index contributed by atoms with van der Waals surface area (Å²) in [5.41, 5.74) is 7.22. The molecule has 0 radical (unpaired) electrons. The molecule has 0 spiro atoms. The number of aromatic carboxylic acids is 1. The van der Waals surface area contributed by atoms with Crippen LogP contribution in [0.25, 0.3) is 0 Å². The number of hydrogen-bond acceptors (Lipinski definition) is 4. The van der Waals surface area contributed by atoms with E-state index in [2.05, 4.69) is 5.32 Å². The van der Waals surface area contributed by atoms with Crippen LogP contribution >= 0.6 is 0 Å². The molecule has 1 amide bonds. The maximum Gasteiger partial charge on any atom is 0.335 e. The van der Waals surface area contributed by atoms with Gasteiger partial charge in [-0.1, -0.05) is 12.1 Å². The fraction of sp³-hybridized carbons (Fsp3) is 0.125. The van der Waals surface area contributed by atoms with Crippen molar-refractivity contribution in [1.29, 1.82) is 0 Å². The first-order valence-electron chi connectivity index (χ1n) is 6.66. The summed E-state index contributed by atoms with van der Waals surface area (Å²) in [5, 5.41) is 20.9. The highest BCUT2D eigenvalue weighted by atomic mass is 16.4. The van der Waals surface area contributed by atoms with Gasteiger partial charge < -0.3 is 21.3 Å². The first-order valence-corrected chi connectivity index (χ1v) is 6.66. The molecule has 6 nitrogen and oxygen atoms in total. The zero-order valence-electron chi connectivity index (χ0n) is 11.7.